The fourth-order valence-corrected chi connectivity index (χ4v) is 2.98. The molecule has 0 radical (unpaired) electrons. The molecule has 0 unspecified atom stereocenters. The second-order valence-electron chi connectivity index (χ2n) is 5.77. The summed E-state index contributed by atoms with van der Waals surface area (Å²) < 4.78 is 67.1. The Balaban J connectivity index is 1.81. The quantitative estimate of drug-likeness (QED) is 0.151. The fourth-order valence-electron chi connectivity index (χ4n) is 2.98. The van der Waals surface area contributed by atoms with E-state index in [0.29, 0.717) is 11.9 Å². The lowest BCUT2D eigenvalue weighted by Crippen LogP contribution is -2.06. The van der Waals surface area contributed by atoms with Crippen molar-refractivity contribution in [3.05, 3.63) is 94.3 Å². The number of hydrogen-bond acceptors (Lipinski definition) is 2. The van der Waals surface area contributed by atoms with Gasteiger partial charge in [0.1, 0.15) is 5.71 Å². The highest BCUT2D eigenvalue weighted by Gasteiger charge is 2.26. The van der Waals surface area contributed by atoms with Crippen LogP contribution in [0, 0.1) is 29.1 Å². The standard InChI is InChI=1S/C20H9F5N2/c21-15-14(16(22)18(24)19(25)17(15)23)9-26-27-20-12-7-3-1-5-10(12)11-6-2-4-8-13(11)20/h1-9H. The van der Waals surface area contributed by atoms with Crippen molar-refractivity contribution in [1.29, 1.82) is 0 Å². The van der Waals surface area contributed by atoms with Crippen LogP contribution in [0.15, 0.2) is 58.7 Å². The minimum atomic E-state index is -2.22. The van der Waals surface area contributed by atoms with Gasteiger partial charge in [0, 0.05) is 11.1 Å². The van der Waals surface area contributed by atoms with E-state index in [1.807, 2.05) is 36.4 Å². The third-order valence-corrected chi connectivity index (χ3v) is 4.24. The third-order valence-electron chi connectivity index (χ3n) is 4.24. The van der Waals surface area contributed by atoms with Crippen LogP contribution in [0.4, 0.5) is 22.0 Å². The second kappa shape index (κ2) is 6.42. The Labute approximate surface area is 150 Å². The molecule has 0 saturated heterocycles. The first-order valence-electron chi connectivity index (χ1n) is 7.82. The van der Waals surface area contributed by atoms with Crippen LogP contribution in [0.2, 0.25) is 0 Å². The summed E-state index contributed by atoms with van der Waals surface area (Å²) in [4.78, 5) is 0. The van der Waals surface area contributed by atoms with Gasteiger partial charge >= 0.3 is 0 Å². The summed E-state index contributed by atoms with van der Waals surface area (Å²) in [5, 5.41) is 7.56. The zero-order chi connectivity index (χ0) is 19.1. The van der Waals surface area contributed by atoms with E-state index in [1.54, 1.807) is 12.1 Å². The average Bonchev–Trinajstić information content (AvgIpc) is 3.02. The van der Waals surface area contributed by atoms with Gasteiger partial charge in [0.2, 0.25) is 5.82 Å². The highest BCUT2D eigenvalue weighted by molar-refractivity contribution is 6.24. The first kappa shape index (κ1) is 17.1. The maximum absolute atomic E-state index is 13.7. The van der Waals surface area contributed by atoms with Crippen molar-refractivity contribution in [2.24, 2.45) is 10.2 Å². The van der Waals surface area contributed by atoms with E-state index in [4.69, 9.17) is 0 Å². The normalized spacial score (nSPS) is 12.4. The third kappa shape index (κ3) is 2.63. The van der Waals surface area contributed by atoms with E-state index in [9.17, 15) is 22.0 Å². The topological polar surface area (TPSA) is 24.7 Å². The first-order valence-corrected chi connectivity index (χ1v) is 7.82. The maximum Gasteiger partial charge on any atom is 0.200 e. The van der Waals surface area contributed by atoms with E-state index >= 15 is 0 Å². The molecule has 0 spiro atoms. The Bertz CT molecular complexity index is 1060. The lowest BCUT2D eigenvalue weighted by atomic mass is 10.1. The van der Waals surface area contributed by atoms with Crippen LogP contribution in [0.1, 0.15) is 16.7 Å². The van der Waals surface area contributed by atoms with Crippen molar-refractivity contribution < 1.29 is 22.0 Å². The molecular formula is C20H9F5N2. The van der Waals surface area contributed by atoms with Gasteiger partial charge in [0.05, 0.1) is 11.8 Å². The largest absolute Gasteiger partial charge is 0.203 e. The van der Waals surface area contributed by atoms with Crippen LogP contribution >= 0.6 is 0 Å². The molecule has 4 rings (SSSR count). The van der Waals surface area contributed by atoms with E-state index in [-0.39, 0.29) is 0 Å². The minimum absolute atomic E-state index is 0.446. The predicted octanol–water partition coefficient (Wildman–Crippen LogP) is 5.23. The maximum atomic E-state index is 13.7. The van der Waals surface area contributed by atoms with Crippen LogP contribution in [-0.4, -0.2) is 11.9 Å². The van der Waals surface area contributed by atoms with Gasteiger partial charge in [-0.15, -0.1) is 5.10 Å². The molecule has 1 aliphatic rings. The molecule has 2 nitrogen and oxygen atoms in total. The number of benzene rings is 3. The van der Waals surface area contributed by atoms with Gasteiger partial charge in [-0.05, 0) is 11.1 Å². The molecule has 7 heteroatoms. The van der Waals surface area contributed by atoms with E-state index in [2.05, 4.69) is 10.2 Å². The van der Waals surface area contributed by atoms with Gasteiger partial charge < -0.3 is 0 Å². The van der Waals surface area contributed by atoms with E-state index in [1.165, 1.54) is 0 Å². The van der Waals surface area contributed by atoms with Crippen molar-refractivity contribution in [3.8, 4) is 11.1 Å². The smallest absolute Gasteiger partial charge is 0.200 e. The lowest BCUT2D eigenvalue weighted by Gasteiger charge is -2.03. The summed E-state index contributed by atoms with van der Waals surface area (Å²) in [7, 11) is 0. The molecule has 0 amide bonds. The van der Waals surface area contributed by atoms with Crippen molar-refractivity contribution in [2.75, 3.05) is 0 Å². The summed E-state index contributed by atoms with van der Waals surface area (Å²) in [5.41, 5.74) is 2.65. The van der Waals surface area contributed by atoms with Gasteiger partial charge in [0.25, 0.3) is 0 Å². The van der Waals surface area contributed by atoms with Crippen molar-refractivity contribution in [3.63, 3.8) is 0 Å². The second-order valence-corrected chi connectivity index (χ2v) is 5.77. The van der Waals surface area contributed by atoms with Crippen LogP contribution in [0.5, 0.6) is 0 Å². The van der Waals surface area contributed by atoms with Gasteiger partial charge in [-0.25, -0.2) is 22.0 Å². The Morgan fingerprint density at radius 3 is 1.44 bits per heavy atom. The summed E-state index contributed by atoms with van der Waals surface area (Å²) in [6, 6.07) is 14.7. The van der Waals surface area contributed by atoms with Gasteiger partial charge in [-0.1, -0.05) is 48.5 Å². The molecule has 0 N–H and O–H groups in total. The molecule has 134 valence electrons. The Morgan fingerprint density at radius 1 is 0.556 bits per heavy atom. The monoisotopic (exact) mass is 372 g/mol. The van der Waals surface area contributed by atoms with Crippen molar-refractivity contribution in [2.45, 2.75) is 0 Å². The van der Waals surface area contributed by atoms with Crippen LogP contribution in [0.25, 0.3) is 11.1 Å². The van der Waals surface area contributed by atoms with Crippen LogP contribution in [-0.2, 0) is 0 Å². The average molecular weight is 372 g/mol. The molecule has 0 atom stereocenters. The van der Waals surface area contributed by atoms with Gasteiger partial charge in [0.15, 0.2) is 23.3 Å². The SMILES string of the molecule is Fc1c(F)c(F)c(C=NN=C2c3ccccc3-c3ccccc32)c(F)c1F. The predicted molar refractivity (Wildman–Crippen MR) is 91.3 cm³/mol. The molecule has 3 aromatic rings. The molecule has 0 aromatic heterocycles. The molecule has 27 heavy (non-hydrogen) atoms. The van der Waals surface area contributed by atoms with Crippen molar-refractivity contribution >= 4 is 11.9 Å². The summed E-state index contributed by atoms with van der Waals surface area (Å²) in [6.07, 6.45) is 0.521. The summed E-state index contributed by atoms with van der Waals surface area (Å²) in [6.45, 7) is 0. The highest BCUT2D eigenvalue weighted by atomic mass is 19.2. The lowest BCUT2D eigenvalue weighted by molar-refractivity contribution is 0.377. The van der Waals surface area contributed by atoms with E-state index in [0.717, 1.165) is 22.3 Å². The molecule has 0 heterocycles. The fraction of sp³-hybridized carbons (Fsp3) is 0. The summed E-state index contributed by atoms with van der Waals surface area (Å²) >= 11 is 0. The summed E-state index contributed by atoms with van der Waals surface area (Å²) in [5.74, 6) is -10.2. The number of fused-ring (bicyclic) bond motifs is 3. The number of hydrogen-bond donors (Lipinski definition) is 0. The number of nitrogens with zero attached hydrogens (tertiary/aromatic N) is 2. The first-order chi connectivity index (χ1) is 13.0. The molecule has 0 aliphatic heterocycles. The van der Waals surface area contributed by atoms with E-state index < -0.39 is 34.6 Å². The Kier molecular flexibility index (Phi) is 4.07. The van der Waals surface area contributed by atoms with Gasteiger partial charge in [-0.2, -0.15) is 5.10 Å². The van der Waals surface area contributed by atoms with Crippen LogP contribution in [0.3, 0.4) is 0 Å². The number of rotatable bonds is 2. The zero-order valence-corrected chi connectivity index (χ0v) is 13.5. The minimum Gasteiger partial charge on any atom is -0.203 e. The number of halogens is 5. The molecule has 3 aromatic carbocycles. The molecule has 1 aliphatic carbocycles. The molecule has 0 saturated carbocycles. The highest BCUT2D eigenvalue weighted by Crippen LogP contribution is 2.36. The molecular weight excluding hydrogens is 363 g/mol. The molecule has 0 bridgehead atoms. The Hall–Kier alpha value is -3.35. The molecule has 0 fully saturated rings. The Morgan fingerprint density at radius 2 is 0.963 bits per heavy atom. The van der Waals surface area contributed by atoms with Gasteiger partial charge in [-0.3, -0.25) is 0 Å². The van der Waals surface area contributed by atoms with Crippen molar-refractivity contribution in [1.82, 2.24) is 0 Å². The zero-order valence-electron chi connectivity index (χ0n) is 13.5. The van der Waals surface area contributed by atoms with Crippen LogP contribution < -0.4 is 0 Å².